The topological polar surface area (TPSA) is 81.7 Å². The van der Waals surface area contributed by atoms with Gasteiger partial charge in [0.25, 0.3) is 0 Å². The number of carbonyl (C=O) groups excluding carboxylic acids is 3. The Kier molecular flexibility index (Phi) is 6.36. The summed E-state index contributed by atoms with van der Waals surface area (Å²) in [7, 11) is 1.22. The molecule has 1 N–H and O–H groups in total. The highest BCUT2D eigenvalue weighted by Crippen LogP contribution is 2.09. The van der Waals surface area contributed by atoms with E-state index in [-0.39, 0.29) is 12.3 Å². The molecule has 0 saturated carbocycles. The SMILES string of the molecule is COC(=O)C(CC(C)C=O)NC(=O)OC(C)(C)C. The minimum absolute atomic E-state index is 0.176. The van der Waals surface area contributed by atoms with Crippen molar-refractivity contribution in [2.45, 2.75) is 45.8 Å². The first-order valence-electron chi connectivity index (χ1n) is 5.72. The van der Waals surface area contributed by atoms with E-state index in [1.54, 1.807) is 27.7 Å². The fourth-order valence-electron chi connectivity index (χ4n) is 1.23. The molecule has 6 heteroatoms. The van der Waals surface area contributed by atoms with Gasteiger partial charge in [-0.05, 0) is 27.2 Å². The van der Waals surface area contributed by atoms with Crippen molar-refractivity contribution in [1.29, 1.82) is 0 Å². The second kappa shape index (κ2) is 6.98. The van der Waals surface area contributed by atoms with Gasteiger partial charge >= 0.3 is 12.1 Å². The Morgan fingerprint density at radius 3 is 2.28 bits per heavy atom. The van der Waals surface area contributed by atoms with Crippen molar-refractivity contribution in [2.24, 2.45) is 5.92 Å². The summed E-state index contributed by atoms with van der Waals surface area (Å²) in [5.41, 5.74) is -0.652. The molecule has 0 fully saturated rings. The number of rotatable bonds is 5. The van der Waals surface area contributed by atoms with Crippen LogP contribution in [0.25, 0.3) is 0 Å². The van der Waals surface area contributed by atoms with Crippen LogP contribution in [0.15, 0.2) is 0 Å². The van der Waals surface area contributed by atoms with E-state index < -0.39 is 23.7 Å². The molecule has 0 aromatic carbocycles. The normalized spacial score (nSPS) is 14.3. The number of esters is 1. The van der Waals surface area contributed by atoms with E-state index in [0.717, 1.165) is 0 Å². The van der Waals surface area contributed by atoms with Crippen molar-refractivity contribution in [3.63, 3.8) is 0 Å². The first-order chi connectivity index (χ1) is 8.19. The number of amides is 1. The molecule has 2 unspecified atom stereocenters. The molecule has 0 spiro atoms. The van der Waals surface area contributed by atoms with Gasteiger partial charge in [0.2, 0.25) is 0 Å². The summed E-state index contributed by atoms with van der Waals surface area (Å²) >= 11 is 0. The maximum atomic E-state index is 11.5. The smallest absolute Gasteiger partial charge is 0.408 e. The van der Waals surface area contributed by atoms with E-state index in [9.17, 15) is 14.4 Å². The Balaban J connectivity index is 4.54. The number of carbonyl (C=O) groups is 3. The predicted octanol–water partition coefficient (Wildman–Crippen LogP) is 1.28. The molecule has 0 aromatic heterocycles. The Morgan fingerprint density at radius 2 is 1.89 bits per heavy atom. The van der Waals surface area contributed by atoms with Crippen molar-refractivity contribution in [3.05, 3.63) is 0 Å². The van der Waals surface area contributed by atoms with Crippen LogP contribution < -0.4 is 5.32 Å². The van der Waals surface area contributed by atoms with Crippen LogP contribution >= 0.6 is 0 Å². The van der Waals surface area contributed by atoms with Gasteiger partial charge in [-0.25, -0.2) is 9.59 Å². The number of nitrogens with one attached hydrogen (secondary N) is 1. The molecule has 18 heavy (non-hydrogen) atoms. The molecule has 0 aliphatic carbocycles. The van der Waals surface area contributed by atoms with Gasteiger partial charge < -0.3 is 19.6 Å². The third-order valence-corrected chi connectivity index (χ3v) is 2.02. The number of methoxy groups -OCH3 is 1. The molecule has 0 saturated heterocycles. The van der Waals surface area contributed by atoms with Crippen LogP contribution in [0.1, 0.15) is 34.1 Å². The van der Waals surface area contributed by atoms with Gasteiger partial charge in [0.05, 0.1) is 7.11 Å². The molecule has 2 atom stereocenters. The fraction of sp³-hybridized carbons (Fsp3) is 0.750. The quantitative estimate of drug-likeness (QED) is 0.594. The molecule has 0 radical (unpaired) electrons. The fourth-order valence-corrected chi connectivity index (χ4v) is 1.23. The van der Waals surface area contributed by atoms with E-state index in [1.807, 2.05) is 0 Å². The van der Waals surface area contributed by atoms with Gasteiger partial charge in [-0.2, -0.15) is 0 Å². The standard InChI is InChI=1S/C12H21NO5/c1-8(7-14)6-9(10(15)17-5)13-11(16)18-12(2,3)4/h7-9H,6H2,1-5H3,(H,13,16). The van der Waals surface area contributed by atoms with E-state index >= 15 is 0 Å². The number of hydrogen-bond acceptors (Lipinski definition) is 5. The second-order valence-corrected chi connectivity index (χ2v) is 5.07. The van der Waals surface area contributed by atoms with Crippen LogP contribution in [-0.2, 0) is 19.1 Å². The van der Waals surface area contributed by atoms with Gasteiger partial charge in [0.15, 0.2) is 0 Å². The van der Waals surface area contributed by atoms with Crippen LogP contribution in [0.5, 0.6) is 0 Å². The van der Waals surface area contributed by atoms with Crippen molar-refractivity contribution < 1.29 is 23.9 Å². The van der Waals surface area contributed by atoms with E-state index in [4.69, 9.17) is 4.74 Å². The van der Waals surface area contributed by atoms with Crippen LogP contribution in [0.3, 0.4) is 0 Å². The van der Waals surface area contributed by atoms with Crippen LogP contribution in [0.2, 0.25) is 0 Å². The Labute approximate surface area is 107 Å². The summed E-state index contributed by atoms with van der Waals surface area (Å²) in [5.74, 6) is -0.960. The Hall–Kier alpha value is -1.59. The van der Waals surface area contributed by atoms with Crippen LogP contribution in [0.4, 0.5) is 4.79 Å². The molecule has 6 nitrogen and oxygen atoms in total. The summed E-state index contributed by atoms with van der Waals surface area (Å²) < 4.78 is 9.60. The van der Waals surface area contributed by atoms with Gasteiger partial charge in [0, 0.05) is 5.92 Å². The Bertz CT molecular complexity index is 308. The lowest BCUT2D eigenvalue weighted by atomic mass is 10.0. The zero-order valence-electron chi connectivity index (χ0n) is 11.5. The maximum Gasteiger partial charge on any atom is 0.408 e. The van der Waals surface area contributed by atoms with Crippen molar-refractivity contribution >= 4 is 18.3 Å². The first-order valence-corrected chi connectivity index (χ1v) is 5.72. The van der Waals surface area contributed by atoms with E-state index in [0.29, 0.717) is 6.29 Å². The van der Waals surface area contributed by atoms with Crippen molar-refractivity contribution in [2.75, 3.05) is 7.11 Å². The number of aldehydes is 1. The molecule has 0 bridgehead atoms. The predicted molar refractivity (Wildman–Crippen MR) is 65.0 cm³/mol. The number of hydrogen-bond donors (Lipinski definition) is 1. The molecule has 0 aromatic rings. The Morgan fingerprint density at radius 1 is 1.33 bits per heavy atom. The summed E-state index contributed by atoms with van der Waals surface area (Å²) in [6.45, 7) is 6.80. The largest absolute Gasteiger partial charge is 0.467 e. The molecule has 0 aliphatic rings. The molecule has 0 heterocycles. The van der Waals surface area contributed by atoms with Crippen molar-refractivity contribution in [1.82, 2.24) is 5.32 Å². The van der Waals surface area contributed by atoms with Gasteiger partial charge in [-0.15, -0.1) is 0 Å². The number of alkyl carbamates (subject to hydrolysis) is 1. The van der Waals surface area contributed by atoms with Gasteiger partial charge in [-0.1, -0.05) is 6.92 Å². The molecular formula is C12H21NO5. The van der Waals surface area contributed by atoms with Crippen LogP contribution in [0, 0.1) is 5.92 Å². The highest BCUT2D eigenvalue weighted by atomic mass is 16.6. The van der Waals surface area contributed by atoms with E-state index in [2.05, 4.69) is 10.1 Å². The third-order valence-electron chi connectivity index (χ3n) is 2.02. The minimum Gasteiger partial charge on any atom is -0.467 e. The highest BCUT2D eigenvalue weighted by Gasteiger charge is 2.26. The third kappa shape index (κ3) is 6.88. The lowest BCUT2D eigenvalue weighted by Crippen LogP contribution is -2.44. The lowest BCUT2D eigenvalue weighted by molar-refractivity contribution is -0.143. The van der Waals surface area contributed by atoms with Gasteiger partial charge in [-0.3, -0.25) is 0 Å². The lowest BCUT2D eigenvalue weighted by Gasteiger charge is -2.23. The average molecular weight is 259 g/mol. The van der Waals surface area contributed by atoms with Crippen molar-refractivity contribution in [3.8, 4) is 0 Å². The number of ether oxygens (including phenoxy) is 2. The molecule has 104 valence electrons. The molecule has 0 rings (SSSR count). The monoisotopic (exact) mass is 259 g/mol. The molecular weight excluding hydrogens is 238 g/mol. The summed E-state index contributed by atoms with van der Waals surface area (Å²) in [6.07, 6.45) is 0.179. The second-order valence-electron chi connectivity index (χ2n) is 5.07. The highest BCUT2D eigenvalue weighted by molar-refractivity contribution is 5.81. The zero-order chi connectivity index (χ0) is 14.3. The summed E-state index contributed by atoms with van der Waals surface area (Å²) in [4.78, 5) is 33.6. The average Bonchev–Trinajstić information content (AvgIpc) is 2.24. The zero-order valence-corrected chi connectivity index (χ0v) is 11.5. The molecule has 1 amide bonds. The van der Waals surface area contributed by atoms with Crippen LogP contribution in [-0.4, -0.2) is 37.1 Å². The summed E-state index contributed by atoms with van der Waals surface area (Å²) in [5, 5.41) is 2.39. The summed E-state index contributed by atoms with van der Waals surface area (Å²) in [6, 6.07) is -0.884. The van der Waals surface area contributed by atoms with Gasteiger partial charge in [0.1, 0.15) is 17.9 Å². The van der Waals surface area contributed by atoms with E-state index in [1.165, 1.54) is 7.11 Å². The molecule has 0 aliphatic heterocycles. The maximum absolute atomic E-state index is 11.5. The minimum atomic E-state index is -0.884. The first kappa shape index (κ1) is 16.4.